The number of nitrogens with one attached hydrogen (secondary N) is 2. The highest BCUT2D eigenvalue weighted by Gasteiger charge is 2.16. The monoisotopic (exact) mass is 365 g/mol. The lowest BCUT2D eigenvalue weighted by Crippen LogP contribution is -2.26. The van der Waals surface area contributed by atoms with Crippen LogP contribution in [0, 0.1) is 6.92 Å². The molecular weight excluding hydrogens is 342 g/mol. The number of hydrogen-bond donors (Lipinski definition) is 2. The van der Waals surface area contributed by atoms with Crippen LogP contribution in [0.1, 0.15) is 34.5 Å². The standard InChI is InChI=1S/C21H23N3O3/c1-14-10-17-11-15(2-3-19(17)24-14)13-23-21(25)16-4-7-22-20(12-16)27-18-5-8-26-9-6-18/h2-4,7,10-12,18,24H,5-6,8-9,13H2,1H3,(H,23,25). The van der Waals surface area contributed by atoms with Gasteiger partial charge in [-0.1, -0.05) is 6.07 Å². The molecule has 1 fully saturated rings. The molecule has 0 atom stereocenters. The van der Waals surface area contributed by atoms with Crippen molar-refractivity contribution in [2.75, 3.05) is 13.2 Å². The van der Waals surface area contributed by atoms with Gasteiger partial charge >= 0.3 is 0 Å². The van der Waals surface area contributed by atoms with Crippen LogP contribution in [-0.4, -0.2) is 35.2 Å². The summed E-state index contributed by atoms with van der Waals surface area (Å²) in [5, 5.41) is 4.11. The van der Waals surface area contributed by atoms with Gasteiger partial charge in [0, 0.05) is 48.4 Å². The van der Waals surface area contributed by atoms with Crippen molar-refractivity contribution in [2.45, 2.75) is 32.4 Å². The zero-order chi connectivity index (χ0) is 18.6. The van der Waals surface area contributed by atoms with Crippen LogP contribution in [0.25, 0.3) is 10.9 Å². The van der Waals surface area contributed by atoms with Crippen LogP contribution in [0.15, 0.2) is 42.6 Å². The number of rotatable bonds is 5. The molecule has 3 aromatic rings. The van der Waals surface area contributed by atoms with Crippen LogP contribution < -0.4 is 10.1 Å². The Labute approximate surface area is 157 Å². The highest BCUT2D eigenvalue weighted by molar-refractivity contribution is 5.94. The molecule has 6 nitrogen and oxygen atoms in total. The van der Waals surface area contributed by atoms with Crippen LogP contribution in [0.2, 0.25) is 0 Å². The maximum Gasteiger partial charge on any atom is 0.251 e. The molecule has 0 saturated carbocycles. The van der Waals surface area contributed by atoms with Crippen LogP contribution >= 0.6 is 0 Å². The Hall–Kier alpha value is -2.86. The quantitative estimate of drug-likeness (QED) is 0.727. The minimum Gasteiger partial charge on any atom is -0.474 e. The highest BCUT2D eigenvalue weighted by Crippen LogP contribution is 2.18. The average molecular weight is 365 g/mol. The molecule has 1 amide bonds. The molecule has 1 aliphatic rings. The number of ether oxygens (including phenoxy) is 2. The van der Waals surface area contributed by atoms with E-state index in [9.17, 15) is 4.79 Å². The number of hydrogen-bond acceptors (Lipinski definition) is 4. The predicted octanol–water partition coefficient (Wildman–Crippen LogP) is 3.36. The fourth-order valence-corrected chi connectivity index (χ4v) is 3.30. The number of aryl methyl sites for hydroxylation is 1. The maximum atomic E-state index is 12.5. The van der Waals surface area contributed by atoms with Crippen molar-refractivity contribution in [3.05, 3.63) is 59.4 Å². The van der Waals surface area contributed by atoms with Crippen LogP contribution in [0.4, 0.5) is 0 Å². The van der Waals surface area contributed by atoms with Crippen LogP contribution in [-0.2, 0) is 11.3 Å². The van der Waals surface area contributed by atoms with Gasteiger partial charge in [0.25, 0.3) is 5.91 Å². The van der Waals surface area contributed by atoms with Gasteiger partial charge in [-0.3, -0.25) is 4.79 Å². The Morgan fingerprint density at radius 2 is 2.11 bits per heavy atom. The van der Waals surface area contributed by atoms with E-state index in [-0.39, 0.29) is 12.0 Å². The smallest absolute Gasteiger partial charge is 0.251 e. The molecule has 3 heterocycles. The van der Waals surface area contributed by atoms with Gasteiger partial charge in [0.05, 0.1) is 13.2 Å². The van der Waals surface area contributed by atoms with Crippen molar-refractivity contribution in [1.29, 1.82) is 0 Å². The largest absolute Gasteiger partial charge is 0.474 e. The first-order valence-corrected chi connectivity index (χ1v) is 9.24. The van der Waals surface area contributed by atoms with Crippen molar-refractivity contribution in [1.82, 2.24) is 15.3 Å². The summed E-state index contributed by atoms with van der Waals surface area (Å²) in [6, 6.07) is 11.6. The van der Waals surface area contributed by atoms with Gasteiger partial charge in [-0.25, -0.2) is 4.98 Å². The molecule has 0 radical (unpaired) electrons. The minimum absolute atomic E-state index is 0.0982. The van der Waals surface area contributed by atoms with Crippen molar-refractivity contribution in [3.63, 3.8) is 0 Å². The molecule has 0 aliphatic carbocycles. The van der Waals surface area contributed by atoms with E-state index >= 15 is 0 Å². The molecule has 0 bridgehead atoms. The van der Waals surface area contributed by atoms with E-state index in [1.807, 2.05) is 19.1 Å². The fraction of sp³-hybridized carbons (Fsp3) is 0.333. The molecule has 0 unspecified atom stereocenters. The van der Waals surface area contributed by atoms with Gasteiger partial charge in [-0.05, 0) is 42.1 Å². The van der Waals surface area contributed by atoms with Gasteiger partial charge in [0.2, 0.25) is 5.88 Å². The number of aromatic amines is 1. The molecule has 27 heavy (non-hydrogen) atoms. The number of aromatic nitrogens is 2. The third kappa shape index (κ3) is 4.28. The van der Waals surface area contributed by atoms with Gasteiger partial charge in [-0.15, -0.1) is 0 Å². The summed E-state index contributed by atoms with van der Waals surface area (Å²) >= 11 is 0. The van der Waals surface area contributed by atoms with Crippen molar-refractivity contribution >= 4 is 16.8 Å². The number of benzene rings is 1. The highest BCUT2D eigenvalue weighted by atomic mass is 16.5. The Morgan fingerprint density at radius 1 is 1.26 bits per heavy atom. The summed E-state index contributed by atoms with van der Waals surface area (Å²) in [5.74, 6) is 0.346. The van der Waals surface area contributed by atoms with E-state index < -0.39 is 0 Å². The molecule has 0 spiro atoms. The first-order chi connectivity index (χ1) is 13.2. The predicted molar refractivity (Wildman–Crippen MR) is 103 cm³/mol. The molecule has 140 valence electrons. The third-order valence-corrected chi connectivity index (χ3v) is 4.73. The van der Waals surface area contributed by atoms with Gasteiger partial charge in [0.15, 0.2) is 0 Å². The number of pyridine rings is 1. The van der Waals surface area contributed by atoms with Gasteiger partial charge in [0.1, 0.15) is 6.10 Å². The number of H-pyrrole nitrogens is 1. The summed E-state index contributed by atoms with van der Waals surface area (Å²) in [7, 11) is 0. The Morgan fingerprint density at radius 3 is 2.96 bits per heavy atom. The Balaban J connectivity index is 1.39. The molecular formula is C21H23N3O3. The van der Waals surface area contributed by atoms with Crippen LogP contribution in [0.5, 0.6) is 5.88 Å². The lowest BCUT2D eigenvalue weighted by atomic mass is 10.1. The molecule has 1 aliphatic heterocycles. The van der Waals surface area contributed by atoms with Crippen molar-refractivity contribution in [2.24, 2.45) is 0 Å². The molecule has 4 rings (SSSR count). The first kappa shape index (κ1) is 17.5. The minimum atomic E-state index is -0.139. The van der Waals surface area contributed by atoms with Crippen molar-refractivity contribution in [3.8, 4) is 5.88 Å². The van der Waals surface area contributed by atoms with E-state index in [4.69, 9.17) is 9.47 Å². The van der Waals surface area contributed by atoms with E-state index in [1.165, 1.54) is 0 Å². The molecule has 1 saturated heterocycles. The van der Waals surface area contributed by atoms with Gasteiger partial charge < -0.3 is 19.8 Å². The van der Waals surface area contributed by atoms with E-state index in [0.29, 0.717) is 31.2 Å². The van der Waals surface area contributed by atoms with Crippen molar-refractivity contribution < 1.29 is 14.3 Å². The van der Waals surface area contributed by atoms with E-state index in [1.54, 1.807) is 18.3 Å². The Kier molecular flexibility index (Phi) is 5.07. The average Bonchev–Trinajstić information content (AvgIpc) is 3.06. The maximum absolute atomic E-state index is 12.5. The first-order valence-electron chi connectivity index (χ1n) is 9.24. The number of amides is 1. The zero-order valence-corrected chi connectivity index (χ0v) is 15.3. The van der Waals surface area contributed by atoms with E-state index in [0.717, 1.165) is 35.0 Å². The Bertz CT molecular complexity index is 945. The lowest BCUT2D eigenvalue weighted by Gasteiger charge is -2.22. The molecule has 2 aromatic heterocycles. The summed E-state index contributed by atoms with van der Waals surface area (Å²) in [6.07, 6.45) is 3.40. The summed E-state index contributed by atoms with van der Waals surface area (Å²) in [5.41, 5.74) is 3.83. The molecule has 2 N–H and O–H groups in total. The number of carbonyl (C=O) groups is 1. The molecule has 1 aromatic carbocycles. The topological polar surface area (TPSA) is 76.2 Å². The fourth-order valence-electron chi connectivity index (χ4n) is 3.30. The van der Waals surface area contributed by atoms with Gasteiger partial charge in [-0.2, -0.15) is 0 Å². The second kappa shape index (κ2) is 7.80. The number of fused-ring (bicyclic) bond motifs is 1. The molecule has 6 heteroatoms. The summed E-state index contributed by atoms with van der Waals surface area (Å²) < 4.78 is 11.2. The van der Waals surface area contributed by atoms with E-state index in [2.05, 4.69) is 27.4 Å². The number of carbonyl (C=O) groups excluding carboxylic acids is 1. The normalized spacial score (nSPS) is 15.0. The number of nitrogens with zero attached hydrogens (tertiary/aromatic N) is 1. The lowest BCUT2D eigenvalue weighted by molar-refractivity contribution is 0.0237. The second-order valence-corrected chi connectivity index (χ2v) is 6.87. The zero-order valence-electron chi connectivity index (χ0n) is 15.3. The summed E-state index contributed by atoms with van der Waals surface area (Å²) in [4.78, 5) is 20.0. The third-order valence-electron chi connectivity index (χ3n) is 4.73. The van der Waals surface area contributed by atoms with Crippen LogP contribution in [0.3, 0.4) is 0 Å². The summed E-state index contributed by atoms with van der Waals surface area (Å²) in [6.45, 7) is 3.91. The second-order valence-electron chi connectivity index (χ2n) is 6.87. The SMILES string of the molecule is Cc1cc2cc(CNC(=O)c3ccnc(OC4CCOCC4)c3)ccc2[nH]1.